The van der Waals surface area contributed by atoms with Crippen LogP contribution in [0.15, 0.2) is 34.9 Å². The van der Waals surface area contributed by atoms with E-state index < -0.39 is 52.9 Å². The van der Waals surface area contributed by atoms with Crippen molar-refractivity contribution in [2.24, 2.45) is 5.73 Å². The van der Waals surface area contributed by atoms with E-state index >= 15 is 0 Å². The number of alkyl halides is 6. The Balaban J connectivity index is 1.79. The Kier molecular flexibility index (Phi) is 5.41. The molecule has 4 rings (SSSR count). The number of hydrogen-bond acceptors (Lipinski definition) is 4. The Hall–Kier alpha value is -2.05. The summed E-state index contributed by atoms with van der Waals surface area (Å²) in [4.78, 5) is 17.7. The van der Waals surface area contributed by atoms with Crippen LogP contribution in [0.4, 0.5) is 31.1 Å². The highest BCUT2D eigenvalue weighted by atomic mass is 79.9. The second kappa shape index (κ2) is 7.49. The standard InChI is InChI=1S/C19H13BrClF6N3O2/c20-12-7-29-14(21)6-11(12)13-1-2-17(28)15(32-16(31)30(13)17)8-3-9(18(22,23)24)5-10(4-8)19(25,26)27/h3-7,13,15H,1-2,28H2/t13-,15+,17-/m0/s1. The van der Waals surface area contributed by atoms with Crippen molar-refractivity contribution in [3.63, 3.8) is 0 Å². The maximum atomic E-state index is 13.3. The Bertz CT molecular complexity index is 1060. The minimum atomic E-state index is -5.04. The number of ether oxygens (including phenoxy) is 1. The van der Waals surface area contributed by atoms with Gasteiger partial charge >= 0.3 is 18.4 Å². The Morgan fingerprint density at radius 2 is 1.72 bits per heavy atom. The predicted octanol–water partition coefficient (Wildman–Crippen LogP) is 6.22. The summed E-state index contributed by atoms with van der Waals surface area (Å²) in [5.41, 5.74) is 1.77. The SMILES string of the molecule is N[C@@]12CC[C@@H](c3cc(Cl)ncc3Br)N1C(=O)O[C@@H]2c1cc(C(F)(F)F)cc(C(F)(F)F)c1. The molecule has 0 aliphatic carbocycles. The van der Waals surface area contributed by atoms with Gasteiger partial charge in [-0.3, -0.25) is 4.90 Å². The molecule has 1 aromatic carbocycles. The predicted molar refractivity (Wildman–Crippen MR) is 103 cm³/mol. The molecule has 172 valence electrons. The summed E-state index contributed by atoms with van der Waals surface area (Å²) in [5.74, 6) is 0. The number of benzene rings is 1. The molecule has 2 aliphatic rings. The summed E-state index contributed by atoms with van der Waals surface area (Å²) in [5, 5.41) is 0.134. The van der Waals surface area contributed by atoms with E-state index in [9.17, 15) is 31.1 Å². The number of nitrogens with zero attached hydrogens (tertiary/aromatic N) is 2. The summed E-state index contributed by atoms with van der Waals surface area (Å²) in [6.07, 6.45) is -10.8. The molecule has 3 atom stereocenters. The number of rotatable bonds is 2. The lowest BCUT2D eigenvalue weighted by Gasteiger charge is -2.32. The largest absolute Gasteiger partial charge is 0.437 e. The number of cyclic esters (lactones) is 1. The van der Waals surface area contributed by atoms with Gasteiger partial charge in [-0.05, 0) is 64.2 Å². The van der Waals surface area contributed by atoms with Crippen LogP contribution in [-0.4, -0.2) is 21.6 Å². The third-order valence-electron chi connectivity index (χ3n) is 5.57. The van der Waals surface area contributed by atoms with Crippen LogP contribution in [0.25, 0.3) is 0 Å². The van der Waals surface area contributed by atoms with E-state index in [1.54, 1.807) is 0 Å². The van der Waals surface area contributed by atoms with Gasteiger partial charge in [0.25, 0.3) is 0 Å². The second-order valence-corrected chi connectivity index (χ2v) is 8.79. The lowest BCUT2D eigenvalue weighted by molar-refractivity contribution is -0.143. The average molecular weight is 545 g/mol. The van der Waals surface area contributed by atoms with Gasteiger partial charge in [-0.25, -0.2) is 9.78 Å². The first-order chi connectivity index (χ1) is 14.7. The second-order valence-electron chi connectivity index (χ2n) is 7.55. The first-order valence-corrected chi connectivity index (χ1v) is 10.3. The fourth-order valence-electron chi connectivity index (χ4n) is 4.19. The van der Waals surface area contributed by atoms with Crippen molar-refractivity contribution < 1.29 is 35.9 Å². The number of aromatic nitrogens is 1. The van der Waals surface area contributed by atoms with Crippen LogP contribution in [0.1, 0.15) is 47.2 Å². The first-order valence-electron chi connectivity index (χ1n) is 9.11. The molecule has 32 heavy (non-hydrogen) atoms. The van der Waals surface area contributed by atoms with E-state index in [2.05, 4.69) is 20.9 Å². The summed E-state index contributed by atoms with van der Waals surface area (Å²) in [6, 6.07) is 1.89. The van der Waals surface area contributed by atoms with Crippen LogP contribution in [-0.2, 0) is 17.1 Å². The molecule has 0 bridgehead atoms. The Morgan fingerprint density at radius 3 is 2.28 bits per heavy atom. The van der Waals surface area contributed by atoms with E-state index in [1.165, 1.54) is 12.3 Å². The number of nitrogens with two attached hydrogens (primary N) is 1. The number of pyridine rings is 1. The molecule has 2 saturated heterocycles. The van der Waals surface area contributed by atoms with E-state index in [4.69, 9.17) is 22.1 Å². The molecular formula is C19H13BrClF6N3O2. The lowest BCUT2D eigenvalue weighted by Crippen LogP contribution is -2.52. The van der Waals surface area contributed by atoms with Crippen molar-refractivity contribution in [3.05, 3.63) is 62.3 Å². The fourth-order valence-corrected chi connectivity index (χ4v) is 4.83. The van der Waals surface area contributed by atoms with Crippen molar-refractivity contribution in [2.75, 3.05) is 0 Å². The van der Waals surface area contributed by atoms with Gasteiger partial charge in [-0.1, -0.05) is 11.6 Å². The molecule has 2 aliphatic heterocycles. The number of carbonyl (C=O) groups is 1. The molecule has 0 unspecified atom stereocenters. The number of fused-ring (bicyclic) bond motifs is 1. The monoisotopic (exact) mass is 543 g/mol. The van der Waals surface area contributed by atoms with E-state index in [0.717, 1.165) is 4.90 Å². The van der Waals surface area contributed by atoms with Crippen LogP contribution in [0.5, 0.6) is 0 Å². The van der Waals surface area contributed by atoms with Crippen LogP contribution in [0, 0.1) is 0 Å². The molecule has 3 heterocycles. The van der Waals surface area contributed by atoms with Gasteiger partial charge in [-0.2, -0.15) is 26.3 Å². The maximum absolute atomic E-state index is 13.3. The summed E-state index contributed by atoms with van der Waals surface area (Å²) in [7, 11) is 0. The Morgan fingerprint density at radius 1 is 1.12 bits per heavy atom. The molecule has 1 amide bonds. The number of amides is 1. The third-order valence-corrected chi connectivity index (χ3v) is 6.44. The normalized spacial score (nSPS) is 25.8. The summed E-state index contributed by atoms with van der Waals surface area (Å²) in [6.45, 7) is 0. The van der Waals surface area contributed by atoms with Gasteiger partial charge in [0.2, 0.25) is 0 Å². The van der Waals surface area contributed by atoms with Gasteiger partial charge in [0, 0.05) is 10.7 Å². The van der Waals surface area contributed by atoms with E-state index in [1.807, 2.05) is 0 Å². The topological polar surface area (TPSA) is 68.5 Å². The minimum absolute atomic E-state index is 0.00869. The fraction of sp³-hybridized carbons (Fsp3) is 0.368. The molecule has 2 N–H and O–H groups in total. The number of carbonyl (C=O) groups excluding carboxylic acids is 1. The highest BCUT2D eigenvalue weighted by molar-refractivity contribution is 9.10. The van der Waals surface area contributed by atoms with Gasteiger partial charge in [0.05, 0.1) is 17.2 Å². The van der Waals surface area contributed by atoms with E-state index in [0.29, 0.717) is 22.2 Å². The van der Waals surface area contributed by atoms with Gasteiger partial charge in [-0.15, -0.1) is 0 Å². The Labute approximate surface area is 190 Å². The minimum Gasteiger partial charge on any atom is -0.437 e. The molecule has 5 nitrogen and oxygen atoms in total. The van der Waals surface area contributed by atoms with Crippen molar-refractivity contribution in [1.29, 1.82) is 0 Å². The van der Waals surface area contributed by atoms with Gasteiger partial charge in [0.15, 0.2) is 6.10 Å². The van der Waals surface area contributed by atoms with Crippen LogP contribution < -0.4 is 5.73 Å². The zero-order valence-electron chi connectivity index (χ0n) is 15.8. The quantitative estimate of drug-likeness (QED) is 0.360. The highest BCUT2D eigenvalue weighted by Crippen LogP contribution is 2.53. The van der Waals surface area contributed by atoms with Gasteiger partial charge < -0.3 is 10.5 Å². The molecule has 1 aromatic heterocycles. The molecule has 2 fully saturated rings. The van der Waals surface area contributed by atoms with Crippen molar-refractivity contribution in [3.8, 4) is 0 Å². The van der Waals surface area contributed by atoms with Crippen molar-refractivity contribution in [2.45, 2.75) is 43.0 Å². The zero-order valence-corrected chi connectivity index (χ0v) is 18.1. The van der Waals surface area contributed by atoms with E-state index in [-0.39, 0.29) is 24.1 Å². The van der Waals surface area contributed by atoms with Crippen LogP contribution >= 0.6 is 27.5 Å². The van der Waals surface area contributed by atoms with Crippen LogP contribution in [0.3, 0.4) is 0 Å². The maximum Gasteiger partial charge on any atom is 0.416 e. The average Bonchev–Trinajstić information content (AvgIpc) is 3.16. The zero-order chi connectivity index (χ0) is 23.6. The van der Waals surface area contributed by atoms with Crippen LogP contribution in [0.2, 0.25) is 5.15 Å². The molecule has 0 spiro atoms. The molecule has 2 aromatic rings. The molecule has 0 radical (unpaired) electrons. The van der Waals surface area contributed by atoms with Gasteiger partial charge in [0.1, 0.15) is 10.8 Å². The summed E-state index contributed by atoms with van der Waals surface area (Å²) < 4.78 is 85.5. The first kappa shape index (κ1) is 23.1. The summed E-state index contributed by atoms with van der Waals surface area (Å²) >= 11 is 9.25. The van der Waals surface area contributed by atoms with Crippen molar-refractivity contribution >= 4 is 33.6 Å². The van der Waals surface area contributed by atoms with Crippen molar-refractivity contribution in [1.82, 2.24) is 9.88 Å². The third kappa shape index (κ3) is 3.81. The lowest BCUT2D eigenvalue weighted by atomic mass is 9.92. The smallest absolute Gasteiger partial charge is 0.416 e. The number of hydrogen-bond donors (Lipinski definition) is 1. The molecular weight excluding hydrogens is 532 g/mol. The highest BCUT2D eigenvalue weighted by Gasteiger charge is 2.60. The molecule has 0 saturated carbocycles. The number of halogens is 8. The molecule has 13 heteroatoms.